The number of halogens is 4. The van der Waals surface area contributed by atoms with E-state index in [0.29, 0.717) is 6.42 Å². The average molecular weight is 349 g/mol. The first-order valence-electron chi connectivity index (χ1n) is 7.35. The molecule has 1 rings (SSSR count). The summed E-state index contributed by atoms with van der Waals surface area (Å²) in [6.07, 6.45) is 0.527. The number of nitrogens with zero attached hydrogens (tertiary/aromatic N) is 1. The third-order valence-electron chi connectivity index (χ3n) is 3.60. The normalized spacial score (nSPS) is 13.3. The van der Waals surface area contributed by atoms with Gasteiger partial charge in [-0.1, -0.05) is 13.8 Å². The highest BCUT2D eigenvalue weighted by Gasteiger charge is 2.28. The maximum Gasteiger partial charge on any atom is 0.314 e. The van der Waals surface area contributed by atoms with E-state index in [0.717, 1.165) is 0 Å². The lowest BCUT2D eigenvalue weighted by molar-refractivity contribution is -0.140. The van der Waals surface area contributed by atoms with Crippen LogP contribution in [0.3, 0.4) is 0 Å². The molecule has 0 heterocycles. The first kappa shape index (κ1) is 19.9. The van der Waals surface area contributed by atoms with Gasteiger partial charge in [-0.15, -0.1) is 0 Å². The molecule has 0 fully saturated rings. The van der Waals surface area contributed by atoms with Gasteiger partial charge in [-0.25, -0.2) is 8.78 Å². The number of carbonyl (C=O) groups is 2. The van der Waals surface area contributed by atoms with Gasteiger partial charge in [-0.3, -0.25) is 9.59 Å². The largest absolute Gasteiger partial charge is 0.420 e. The Labute approximate surface area is 137 Å². The van der Waals surface area contributed by atoms with E-state index in [4.69, 9.17) is 0 Å². The minimum Gasteiger partial charge on any atom is -0.420 e. The standard InChI is InChI=1S/C16H19F4NO3/c1-5-9(15(22)21(3)4)6-8(2)16(23)24-14-12(19)10(17)7-11(18)13(14)20/h7-9H,5-6H2,1-4H3. The molecule has 4 nitrogen and oxygen atoms in total. The third-order valence-corrected chi connectivity index (χ3v) is 3.60. The van der Waals surface area contributed by atoms with Crippen LogP contribution in [-0.2, 0) is 9.59 Å². The molecule has 0 radical (unpaired) electrons. The number of hydrogen-bond donors (Lipinski definition) is 0. The Morgan fingerprint density at radius 3 is 2.04 bits per heavy atom. The Balaban J connectivity index is 2.90. The average Bonchev–Trinajstić information content (AvgIpc) is 2.53. The number of ether oxygens (including phenoxy) is 1. The smallest absolute Gasteiger partial charge is 0.314 e. The van der Waals surface area contributed by atoms with Crippen molar-refractivity contribution < 1.29 is 31.9 Å². The quantitative estimate of drug-likeness (QED) is 0.343. The highest BCUT2D eigenvalue weighted by molar-refractivity contribution is 5.80. The second-order valence-electron chi connectivity index (χ2n) is 5.69. The second-order valence-corrected chi connectivity index (χ2v) is 5.69. The molecule has 8 heteroatoms. The van der Waals surface area contributed by atoms with E-state index in [-0.39, 0.29) is 18.4 Å². The van der Waals surface area contributed by atoms with Crippen LogP contribution >= 0.6 is 0 Å². The molecular formula is C16H19F4NO3. The van der Waals surface area contributed by atoms with Crippen LogP contribution in [0.1, 0.15) is 26.7 Å². The molecule has 24 heavy (non-hydrogen) atoms. The SMILES string of the molecule is CCC(CC(C)C(=O)Oc1c(F)c(F)cc(F)c1F)C(=O)N(C)C. The van der Waals surface area contributed by atoms with E-state index in [2.05, 4.69) is 4.74 Å². The first-order chi connectivity index (χ1) is 11.1. The minimum atomic E-state index is -1.79. The fraction of sp³-hybridized carbons (Fsp3) is 0.500. The van der Waals surface area contributed by atoms with Crippen LogP contribution in [0.2, 0.25) is 0 Å². The van der Waals surface area contributed by atoms with E-state index in [1.807, 2.05) is 0 Å². The van der Waals surface area contributed by atoms with E-state index < -0.39 is 46.8 Å². The van der Waals surface area contributed by atoms with Gasteiger partial charge in [0.2, 0.25) is 23.3 Å². The maximum absolute atomic E-state index is 13.5. The van der Waals surface area contributed by atoms with Crippen molar-refractivity contribution in [3.63, 3.8) is 0 Å². The number of hydrogen-bond acceptors (Lipinski definition) is 3. The summed E-state index contributed by atoms with van der Waals surface area (Å²) in [7, 11) is 3.13. The van der Waals surface area contributed by atoms with Crippen LogP contribution in [0.25, 0.3) is 0 Å². The molecule has 1 amide bonds. The minimum absolute atomic E-state index is 0.0221. The molecule has 1 aromatic rings. The molecule has 134 valence electrons. The van der Waals surface area contributed by atoms with Crippen molar-refractivity contribution in [3.05, 3.63) is 29.3 Å². The van der Waals surface area contributed by atoms with E-state index in [1.54, 1.807) is 21.0 Å². The molecule has 0 aromatic heterocycles. The predicted octanol–water partition coefficient (Wildman–Crippen LogP) is 3.29. The van der Waals surface area contributed by atoms with Gasteiger partial charge in [-0.05, 0) is 12.8 Å². The van der Waals surface area contributed by atoms with Crippen molar-refractivity contribution in [2.75, 3.05) is 14.1 Å². The lowest BCUT2D eigenvalue weighted by atomic mass is 9.92. The molecule has 0 bridgehead atoms. The summed E-state index contributed by atoms with van der Waals surface area (Å²) in [5.41, 5.74) is 0. The highest BCUT2D eigenvalue weighted by Crippen LogP contribution is 2.28. The number of amides is 1. The molecule has 0 saturated carbocycles. The van der Waals surface area contributed by atoms with E-state index in [9.17, 15) is 27.2 Å². The van der Waals surface area contributed by atoms with Crippen LogP contribution in [0.15, 0.2) is 6.07 Å². The summed E-state index contributed by atoms with van der Waals surface area (Å²) in [5.74, 6) is -11.0. The predicted molar refractivity (Wildman–Crippen MR) is 78.2 cm³/mol. The summed E-state index contributed by atoms with van der Waals surface area (Å²) in [6.45, 7) is 3.16. The topological polar surface area (TPSA) is 46.6 Å². The fourth-order valence-electron chi connectivity index (χ4n) is 2.17. The zero-order valence-corrected chi connectivity index (χ0v) is 13.8. The van der Waals surface area contributed by atoms with Gasteiger partial charge >= 0.3 is 5.97 Å². The van der Waals surface area contributed by atoms with Crippen molar-refractivity contribution in [1.82, 2.24) is 4.90 Å². The monoisotopic (exact) mass is 349 g/mol. The van der Waals surface area contributed by atoms with Crippen LogP contribution < -0.4 is 4.74 Å². The van der Waals surface area contributed by atoms with E-state index in [1.165, 1.54) is 11.8 Å². The molecule has 0 spiro atoms. The molecule has 0 aliphatic heterocycles. The van der Waals surface area contributed by atoms with Gasteiger partial charge < -0.3 is 9.64 Å². The Morgan fingerprint density at radius 2 is 1.62 bits per heavy atom. The van der Waals surface area contributed by atoms with Crippen molar-refractivity contribution in [1.29, 1.82) is 0 Å². The summed E-state index contributed by atoms with van der Waals surface area (Å²) in [6, 6.07) is 0.0221. The second kappa shape index (κ2) is 8.12. The molecular weight excluding hydrogens is 330 g/mol. The Morgan fingerprint density at radius 1 is 1.12 bits per heavy atom. The highest BCUT2D eigenvalue weighted by atomic mass is 19.2. The Bertz CT molecular complexity index is 608. The van der Waals surface area contributed by atoms with Crippen molar-refractivity contribution in [2.45, 2.75) is 26.7 Å². The Hall–Kier alpha value is -2.12. The van der Waals surface area contributed by atoms with Gasteiger partial charge in [0, 0.05) is 26.1 Å². The van der Waals surface area contributed by atoms with Crippen molar-refractivity contribution >= 4 is 11.9 Å². The molecule has 0 N–H and O–H groups in total. The lowest BCUT2D eigenvalue weighted by Gasteiger charge is -2.21. The van der Waals surface area contributed by atoms with Gasteiger partial charge in [0.15, 0.2) is 11.6 Å². The van der Waals surface area contributed by atoms with Crippen molar-refractivity contribution in [3.8, 4) is 5.75 Å². The van der Waals surface area contributed by atoms with Crippen LogP contribution in [0.5, 0.6) is 5.75 Å². The summed E-state index contributed by atoms with van der Waals surface area (Å²) in [4.78, 5) is 25.3. The zero-order chi connectivity index (χ0) is 18.6. The van der Waals surface area contributed by atoms with Gasteiger partial charge in [0.1, 0.15) is 0 Å². The first-order valence-corrected chi connectivity index (χ1v) is 7.35. The van der Waals surface area contributed by atoms with Crippen LogP contribution in [0.4, 0.5) is 17.6 Å². The number of esters is 1. The number of rotatable bonds is 6. The van der Waals surface area contributed by atoms with Gasteiger partial charge in [0.05, 0.1) is 5.92 Å². The number of carbonyl (C=O) groups excluding carboxylic acids is 2. The molecule has 0 aliphatic carbocycles. The van der Waals surface area contributed by atoms with E-state index >= 15 is 0 Å². The van der Waals surface area contributed by atoms with Crippen LogP contribution in [-0.4, -0.2) is 30.9 Å². The molecule has 2 atom stereocenters. The van der Waals surface area contributed by atoms with Crippen molar-refractivity contribution in [2.24, 2.45) is 11.8 Å². The third kappa shape index (κ3) is 4.46. The molecule has 0 aliphatic rings. The van der Waals surface area contributed by atoms with Gasteiger partial charge in [-0.2, -0.15) is 8.78 Å². The molecule has 0 saturated heterocycles. The zero-order valence-electron chi connectivity index (χ0n) is 13.8. The molecule has 2 unspecified atom stereocenters. The Kier molecular flexibility index (Phi) is 6.74. The van der Waals surface area contributed by atoms with Gasteiger partial charge in [0.25, 0.3) is 0 Å². The fourth-order valence-corrected chi connectivity index (χ4v) is 2.17. The number of benzene rings is 1. The summed E-state index contributed by atoms with van der Waals surface area (Å²) < 4.78 is 57.7. The summed E-state index contributed by atoms with van der Waals surface area (Å²) >= 11 is 0. The molecule has 1 aromatic carbocycles. The lowest BCUT2D eigenvalue weighted by Crippen LogP contribution is -2.32. The summed E-state index contributed by atoms with van der Waals surface area (Å²) in [5, 5.41) is 0. The van der Waals surface area contributed by atoms with Crippen LogP contribution in [0, 0.1) is 35.1 Å². The maximum atomic E-state index is 13.5.